The lowest BCUT2D eigenvalue weighted by Gasteiger charge is -2.17. The van der Waals surface area contributed by atoms with Gasteiger partial charge in [0.1, 0.15) is 0 Å². The molecular weight excluding hydrogens is 352 g/mol. The number of aryl methyl sites for hydroxylation is 1. The normalized spacial score (nSPS) is 16.7. The van der Waals surface area contributed by atoms with Crippen molar-refractivity contribution in [3.05, 3.63) is 58.6 Å². The smallest absolute Gasteiger partial charge is 0.229 e. The average molecular weight is 371 g/mol. The van der Waals surface area contributed by atoms with E-state index < -0.39 is 5.92 Å². The lowest BCUT2D eigenvalue weighted by atomic mass is 10.1. The molecular formula is C20H19ClN2O3. The Labute approximate surface area is 156 Å². The number of nitrogens with zero attached hydrogens (tertiary/aromatic N) is 1. The molecule has 1 atom stereocenters. The molecule has 1 saturated heterocycles. The van der Waals surface area contributed by atoms with E-state index in [0.717, 1.165) is 5.56 Å². The SMILES string of the molecule is CC(=O)c1ccc(NC(=O)C2CC(=O)N(c3ccc(C)c(Cl)c3)C2)cc1. The highest BCUT2D eigenvalue weighted by Crippen LogP contribution is 2.29. The first-order valence-electron chi connectivity index (χ1n) is 8.33. The molecule has 0 aromatic heterocycles. The molecule has 1 aliphatic rings. The molecule has 1 heterocycles. The third kappa shape index (κ3) is 3.78. The molecule has 2 aromatic rings. The zero-order valence-corrected chi connectivity index (χ0v) is 15.3. The van der Waals surface area contributed by atoms with Crippen molar-refractivity contribution in [1.29, 1.82) is 0 Å². The molecule has 0 bridgehead atoms. The van der Waals surface area contributed by atoms with E-state index in [4.69, 9.17) is 11.6 Å². The number of nitrogens with one attached hydrogen (secondary N) is 1. The Hall–Kier alpha value is -2.66. The molecule has 0 radical (unpaired) electrons. The number of rotatable bonds is 4. The van der Waals surface area contributed by atoms with Gasteiger partial charge in [0.2, 0.25) is 11.8 Å². The fourth-order valence-electron chi connectivity index (χ4n) is 2.91. The van der Waals surface area contributed by atoms with Crippen molar-refractivity contribution >= 4 is 40.6 Å². The van der Waals surface area contributed by atoms with Crippen LogP contribution < -0.4 is 10.2 Å². The second-order valence-corrected chi connectivity index (χ2v) is 6.87. The number of ketones is 1. The van der Waals surface area contributed by atoms with Crippen LogP contribution in [-0.2, 0) is 9.59 Å². The molecule has 0 saturated carbocycles. The van der Waals surface area contributed by atoms with Crippen molar-refractivity contribution in [1.82, 2.24) is 0 Å². The monoisotopic (exact) mass is 370 g/mol. The lowest BCUT2D eigenvalue weighted by molar-refractivity contribution is -0.122. The molecule has 3 rings (SSSR count). The Bertz CT molecular complexity index is 877. The van der Waals surface area contributed by atoms with Crippen LogP contribution in [0.15, 0.2) is 42.5 Å². The molecule has 1 unspecified atom stereocenters. The summed E-state index contributed by atoms with van der Waals surface area (Å²) >= 11 is 6.14. The summed E-state index contributed by atoms with van der Waals surface area (Å²) in [5, 5.41) is 3.40. The summed E-state index contributed by atoms with van der Waals surface area (Å²) in [7, 11) is 0. The molecule has 2 aromatic carbocycles. The zero-order valence-electron chi connectivity index (χ0n) is 14.6. The molecule has 0 aliphatic carbocycles. The van der Waals surface area contributed by atoms with Crippen molar-refractivity contribution in [3.63, 3.8) is 0 Å². The number of amides is 2. The summed E-state index contributed by atoms with van der Waals surface area (Å²) in [5.74, 6) is -0.779. The fourth-order valence-corrected chi connectivity index (χ4v) is 3.09. The van der Waals surface area contributed by atoms with Gasteiger partial charge in [0, 0.05) is 34.9 Å². The molecule has 134 valence electrons. The van der Waals surface area contributed by atoms with Gasteiger partial charge in [0.25, 0.3) is 0 Å². The van der Waals surface area contributed by atoms with Gasteiger partial charge < -0.3 is 10.2 Å². The number of hydrogen-bond acceptors (Lipinski definition) is 3. The Morgan fingerprint density at radius 2 is 1.85 bits per heavy atom. The molecule has 26 heavy (non-hydrogen) atoms. The Kier molecular flexibility index (Phi) is 5.09. The number of carbonyl (C=O) groups is 3. The highest BCUT2D eigenvalue weighted by Gasteiger charge is 2.35. The van der Waals surface area contributed by atoms with Crippen LogP contribution in [0.25, 0.3) is 0 Å². The molecule has 1 N–H and O–H groups in total. The number of anilines is 2. The topological polar surface area (TPSA) is 66.5 Å². The van der Waals surface area contributed by atoms with Gasteiger partial charge >= 0.3 is 0 Å². The average Bonchev–Trinajstić information content (AvgIpc) is 3.00. The van der Waals surface area contributed by atoms with E-state index in [1.165, 1.54) is 6.92 Å². The molecule has 1 aliphatic heterocycles. The van der Waals surface area contributed by atoms with E-state index in [0.29, 0.717) is 28.5 Å². The minimum atomic E-state index is -0.435. The second kappa shape index (κ2) is 7.30. The zero-order chi connectivity index (χ0) is 18.8. The maximum absolute atomic E-state index is 12.5. The van der Waals surface area contributed by atoms with Crippen LogP contribution in [0.1, 0.15) is 29.3 Å². The van der Waals surface area contributed by atoms with Crippen molar-refractivity contribution in [3.8, 4) is 0 Å². The van der Waals surface area contributed by atoms with Gasteiger partial charge in [0.15, 0.2) is 5.78 Å². The van der Waals surface area contributed by atoms with Gasteiger partial charge in [-0.25, -0.2) is 0 Å². The number of hydrogen-bond donors (Lipinski definition) is 1. The fraction of sp³-hybridized carbons (Fsp3) is 0.250. The lowest BCUT2D eigenvalue weighted by Crippen LogP contribution is -2.28. The summed E-state index contributed by atoms with van der Waals surface area (Å²) in [6.07, 6.45) is 0.156. The third-order valence-corrected chi connectivity index (χ3v) is 4.93. The third-order valence-electron chi connectivity index (χ3n) is 4.52. The van der Waals surface area contributed by atoms with Crippen molar-refractivity contribution in [2.75, 3.05) is 16.8 Å². The maximum Gasteiger partial charge on any atom is 0.229 e. The number of benzene rings is 2. The van der Waals surface area contributed by atoms with Crippen LogP contribution in [0.5, 0.6) is 0 Å². The maximum atomic E-state index is 12.5. The quantitative estimate of drug-likeness (QED) is 0.831. The highest BCUT2D eigenvalue weighted by atomic mass is 35.5. The van der Waals surface area contributed by atoms with Crippen LogP contribution in [-0.4, -0.2) is 24.1 Å². The molecule has 0 spiro atoms. The highest BCUT2D eigenvalue weighted by molar-refractivity contribution is 6.31. The number of carbonyl (C=O) groups excluding carboxylic acids is 3. The van der Waals surface area contributed by atoms with Crippen LogP contribution >= 0.6 is 11.6 Å². The van der Waals surface area contributed by atoms with E-state index >= 15 is 0 Å². The Morgan fingerprint density at radius 3 is 2.46 bits per heavy atom. The van der Waals surface area contributed by atoms with Crippen LogP contribution in [0.4, 0.5) is 11.4 Å². The first kappa shape index (κ1) is 18.1. The summed E-state index contributed by atoms with van der Waals surface area (Å²) in [6.45, 7) is 3.70. The summed E-state index contributed by atoms with van der Waals surface area (Å²) < 4.78 is 0. The van der Waals surface area contributed by atoms with Gasteiger partial charge in [-0.3, -0.25) is 14.4 Å². The van der Waals surface area contributed by atoms with Gasteiger partial charge in [-0.05, 0) is 55.8 Å². The second-order valence-electron chi connectivity index (χ2n) is 6.46. The van der Waals surface area contributed by atoms with E-state index in [1.807, 2.05) is 19.1 Å². The summed E-state index contributed by atoms with van der Waals surface area (Å²) in [4.78, 5) is 37.7. The van der Waals surface area contributed by atoms with E-state index in [1.54, 1.807) is 35.2 Å². The van der Waals surface area contributed by atoms with Gasteiger partial charge in [-0.2, -0.15) is 0 Å². The number of halogens is 1. The molecule has 1 fully saturated rings. The predicted octanol–water partition coefficient (Wildman–Crippen LogP) is 3.84. The van der Waals surface area contributed by atoms with Crippen LogP contribution in [0, 0.1) is 12.8 Å². The predicted molar refractivity (Wildman–Crippen MR) is 102 cm³/mol. The van der Waals surface area contributed by atoms with Gasteiger partial charge in [0.05, 0.1) is 5.92 Å². The van der Waals surface area contributed by atoms with Gasteiger partial charge in [-0.1, -0.05) is 17.7 Å². The first-order valence-corrected chi connectivity index (χ1v) is 8.71. The summed E-state index contributed by atoms with van der Waals surface area (Å²) in [6, 6.07) is 12.1. The van der Waals surface area contributed by atoms with E-state index in [-0.39, 0.29) is 24.0 Å². The largest absolute Gasteiger partial charge is 0.326 e. The standard InChI is InChI=1S/C20H19ClN2O3/c1-12-3-8-17(10-18(12)21)23-11-15(9-19(23)25)20(26)22-16-6-4-14(5-7-16)13(2)24/h3-8,10,15H,9,11H2,1-2H3,(H,22,26). The molecule has 5 nitrogen and oxygen atoms in total. The summed E-state index contributed by atoms with van der Waals surface area (Å²) in [5.41, 5.74) is 2.82. The van der Waals surface area contributed by atoms with Gasteiger partial charge in [-0.15, -0.1) is 0 Å². The number of Topliss-reactive ketones (excluding diaryl/α,β-unsaturated/α-hetero) is 1. The van der Waals surface area contributed by atoms with Crippen LogP contribution in [0.2, 0.25) is 5.02 Å². The van der Waals surface area contributed by atoms with E-state index in [2.05, 4.69) is 5.32 Å². The first-order chi connectivity index (χ1) is 12.3. The molecule has 6 heteroatoms. The van der Waals surface area contributed by atoms with Crippen molar-refractivity contribution in [2.24, 2.45) is 5.92 Å². The van der Waals surface area contributed by atoms with Crippen LogP contribution in [0.3, 0.4) is 0 Å². The minimum absolute atomic E-state index is 0.0309. The minimum Gasteiger partial charge on any atom is -0.326 e. The van der Waals surface area contributed by atoms with Crippen molar-refractivity contribution < 1.29 is 14.4 Å². The Morgan fingerprint density at radius 1 is 1.15 bits per heavy atom. The van der Waals surface area contributed by atoms with Crippen molar-refractivity contribution in [2.45, 2.75) is 20.3 Å². The van der Waals surface area contributed by atoms with E-state index in [9.17, 15) is 14.4 Å². The molecule has 2 amide bonds. The Balaban J connectivity index is 1.68.